The fourth-order valence-corrected chi connectivity index (χ4v) is 2.87. The van der Waals surface area contributed by atoms with Gasteiger partial charge in [0.2, 0.25) is 5.91 Å². The van der Waals surface area contributed by atoms with E-state index in [1.54, 1.807) is 4.90 Å². The van der Waals surface area contributed by atoms with Gasteiger partial charge < -0.3 is 19.3 Å². The lowest BCUT2D eigenvalue weighted by atomic mass is 10.1. The maximum absolute atomic E-state index is 12.5. The number of para-hydroxylation sites is 1. The third kappa shape index (κ3) is 2.69. The first kappa shape index (κ1) is 14.6. The van der Waals surface area contributed by atoms with Crippen LogP contribution in [0.1, 0.15) is 5.56 Å². The SMILES string of the molecule is Cn1cc(CC(=O)N2CCO[C@H](C(=O)O)C2)c2ccccc21. The van der Waals surface area contributed by atoms with Crippen LogP contribution in [-0.2, 0) is 27.8 Å². The maximum atomic E-state index is 12.5. The third-order valence-corrected chi connectivity index (χ3v) is 4.02. The average Bonchev–Trinajstić information content (AvgIpc) is 2.84. The summed E-state index contributed by atoms with van der Waals surface area (Å²) in [5.74, 6) is -1.09. The Kier molecular flexibility index (Phi) is 3.85. The molecule has 0 unspecified atom stereocenters. The maximum Gasteiger partial charge on any atom is 0.334 e. The van der Waals surface area contributed by atoms with Crippen molar-refractivity contribution in [2.45, 2.75) is 12.5 Å². The van der Waals surface area contributed by atoms with Crippen LogP contribution in [0.4, 0.5) is 0 Å². The first-order valence-electron chi connectivity index (χ1n) is 7.21. The summed E-state index contributed by atoms with van der Waals surface area (Å²) < 4.78 is 7.14. The Morgan fingerprint density at radius 1 is 1.36 bits per heavy atom. The first-order chi connectivity index (χ1) is 10.6. The number of hydrogen-bond donors (Lipinski definition) is 1. The highest BCUT2D eigenvalue weighted by atomic mass is 16.5. The van der Waals surface area contributed by atoms with E-state index in [1.807, 2.05) is 42.1 Å². The van der Waals surface area contributed by atoms with Crippen LogP contribution in [0.25, 0.3) is 10.9 Å². The summed E-state index contributed by atoms with van der Waals surface area (Å²) in [6.45, 7) is 0.810. The van der Waals surface area contributed by atoms with Crippen molar-refractivity contribution in [1.29, 1.82) is 0 Å². The summed E-state index contributed by atoms with van der Waals surface area (Å²) in [7, 11) is 1.95. The van der Waals surface area contributed by atoms with E-state index in [-0.39, 0.29) is 25.5 Å². The van der Waals surface area contributed by atoms with Gasteiger partial charge in [0, 0.05) is 30.7 Å². The number of ether oxygens (including phenoxy) is 1. The van der Waals surface area contributed by atoms with Gasteiger partial charge in [-0.05, 0) is 11.6 Å². The molecule has 0 bridgehead atoms. The Balaban J connectivity index is 1.77. The van der Waals surface area contributed by atoms with Crippen LogP contribution in [-0.4, -0.2) is 52.3 Å². The van der Waals surface area contributed by atoms with Crippen molar-refractivity contribution in [2.75, 3.05) is 19.7 Å². The van der Waals surface area contributed by atoms with E-state index in [4.69, 9.17) is 9.84 Å². The quantitative estimate of drug-likeness (QED) is 0.919. The molecule has 1 fully saturated rings. The van der Waals surface area contributed by atoms with Crippen LogP contribution in [0.15, 0.2) is 30.5 Å². The van der Waals surface area contributed by atoms with Crippen molar-refractivity contribution >= 4 is 22.8 Å². The van der Waals surface area contributed by atoms with Gasteiger partial charge in [0.15, 0.2) is 6.10 Å². The van der Waals surface area contributed by atoms with Gasteiger partial charge in [0.05, 0.1) is 19.6 Å². The summed E-state index contributed by atoms with van der Waals surface area (Å²) in [5.41, 5.74) is 2.04. The number of aryl methyl sites for hydroxylation is 1. The summed E-state index contributed by atoms with van der Waals surface area (Å²) in [6, 6.07) is 7.93. The van der Waals surface area contributed by atoms with Crippen LogP contribution in [0.3, 0.4) is 0 Å². The zero-order chi connectivity index (χ0) is 15.7. The Morgan fingerprint density at radius 3 is 2.91 bits per heavy atom. The van der Waals surface area contributed by atoms with Crippen LogP contribution in [0, 0.1) is 0 Å². The molecule has 0 radical (unpaired) electrons. The molecule has 0 aliphatic carbocycles. The monoisotopic (exact) mass is 302 g/mol. The number of carbonyl (C=O) groups is 2. The van der Waals surface area contributed by atoms with Crippen molar-refractivity contribution in [2.24, 2.45) is 7.05 Å². The number of aromatic nitrogens is 1. The van der Waals surface area contributed by atoms with Crippen molar-refractivity contribution in [1.82, 2.24) is 9.47 Å². The van der Waals surface area contributed by atoms with Gasteiger partial charge in [-0.15, -0.1) is 0 Å². The van der Waals surface area contributed by atoms with E-state index >= 15 is 0 Å². The minimum absolute atomic E-state index is 0.0640. The summed E-state index contributed by atoms with van der Waals surface area (Å²) in [6.07, 6.45) is 1.30. The lowest BCUT2D eigenvalue weighted by molar-refractivity contribution is -0.159. The van der Waals surface area contributed by atoms with E-state index in [1.165, 1.54) is 0 Å². The number of hydrogen-bond acceptors (Lipinski definition) is 3. The lowest BCUT2D eigenvalue weighted by Gasteiger charge is -2.30. The molecule has 1 aromatic heterocycles. The number of carboxylic acids is 1. The van der Waals surface area contributed by atoms with E-state index in [9.17, 15) is 9.59 Å². The van der Waals surface area contributed by atoms with E-state index in [2.05, 4.69) is 0 Å². The number of amides is 1. The zero-order valence-corrected chi connectivity index (χ0v) is 12.4. The number of rotatable bonds is 3. The summed E-state index contributed by atoms with van der Waals surface area (Å²) in [5, 5.41) is 10.1. The van der Waals surface area contributed by atoms with E-state index in [0.717, 1.165) is 16.5 Å². The summed E-state index contributed by atoms with van der Waals surface area (Å²) >= 11 is 0. The topological polar surface area (TPSA) is 71.8 Å². The minimum atomic E-state index is -1.03. The third-order valence-electron chi connectivity index (χ3n) is 4.02. The normalized spacial score (nSPS) is 18.6. The number of nitrogens with zero attached hydrogens (tertiary/aromatic N) is 2. The van der Waals surface area contributed by atoms with Gasteiger partial charge in [-0.25, -0.2) is 4.79 Å². The number of carbonyl (C=O) groups excluding carboxylic acids is 1. The van der Waals surface area contributed by atoms with Gasteiger partial charge in [0.1, 0.15) is 0 Å². The van der Waals surface area contributed by atoms with Gasteiger partial charge >= 0.3 is 5.97 Å². The standard InChI is InChI=1S/C16H18N2O4/c1-17-9-11(12-4-2-3-5-13(12)17)8-15(19)18-6-7-22-14(10-18)16(20)21/h2-5,9,14H,6-8,10H2,1H3,(H,20,21)/t14-/m0/s1. The predicted octanol–water partition coefficient (Wildman–Crippen LogP) is 1.03. The number of morpholine rings is 1. The molecule has 1 N–H and O–H groups in total. The smallest absolute Gasteiger partial charge is 0.334 e. The van der Waals surface area contributed by atoms with Crippen LogP contribution >= 0.6 is 0 Å². The molecule has 2 aromatic rings. The highest BCUT2D eigenvalue weighted by Gasteiger charge is 2.29. The van der Waals surface area contributed by atoms with Crippen LogP contribution in [0.5, 0.6) is 0 Å². The predicted molar refractivity (Wildman–Crippen MR) is 80.6 cm³/mol. The fraction of sp³-hybridized carbons (Fsp3) is 0.375. The molecule has 0 spiro atoms. The molecule has 1 amide bonds. The summed E-state index contributed by atoms with van der Waals surface area (Å²) in [4.78, 5) is 25.0. The molecule has 1 saturated heterocycles. The lowest BCUT2D eigenvalue weighted by Crippen LogP contribution is -2.49. The van der Waals surface area contributed by atoms with Gasteiger partial charge in [0.25, 0.3) is 0 Å². The number of fused-ring (bicyclic) bond motifs is 1. The van der Waals surface area contributed by atoms with Gasteiger partial charge in [-0.2, -0.15) is 0 Å². The fourth-order valence-electron chi connectivity index (χ4n) is 2.87. The van der Waals surface area contributed by atoms with Crippen molar-refractivity contribution < 1.29 is 19.4 Å². The molecule has 0 saturated carbocycles. The van der Waals surface area contributed by atoms with Crippen molar-refractivity contribution in [3.05, 3.63) is 36.0 Å². The highest BCUT2D eigenvalue weighted by Crippen LogP contribution is 2.21. The second-order valence-electron chi connectivity index (χ2n) is 5.50. The Labute approximate surface area is 127 Å². The number of benzene rings is 1. The second kappa shape index (κ2) is 5.81. The van der Waals surface area contributed by atoms with Crippen LogP contribution in [0.2, 0.25) is 0 Å². The van der Waals surface area contributed by atoms with Crippen molar-refractivity contribution in [3.63, 3.8) is 0 Å². The Morgan fingerprint density at radius 2 is 2.14 bits per heavy atom. The highest BCUT2D eigenvalue weighted by molar-refractivity contribution is 5.89. The van der Waals surface area contributed by atoms with E-state index in [0.29, 0.717) is 6.54 Å². The van der Waals surface area contributed by atoms with Crippen LogP contribution < -0.4 is 0 Å². The minimum Gasteiger partial charge on any atom is -0.479 e. The van der Waals surface area contributed by atoms with E-state index < -0.39 is 12.1 Å². The molecule has 1 aromatic carbocycles. The average molecular weight is 302 g/mol. The Hall–Kier alpha value is -2.34. The molecule has 1 aliphatic heterocycles. The molecular weight excluding hydrogens is 284 g/mol. The molecule has 6 heteroatoms. The molecule has 1 atom stereocenters. The zero-order valence-electron chi connectivity index (χ0n) is 12.4. The van der Waals surface area contributed by atoms with Gasteiger partial charge in [-0.1, -0.05) is 18.2 Å². The van der Waals surface area contributed by atoms with Crippen molar-refractivity contribution in [3.8, 4) is 0 Å². The Bertz CT molecular complexity index is 722. The van der Waals surface area contributed by atoms with Gasteiger partial charge in [-0.3, -0.25) is 4.79 Å². The molecule has 116 valence electrons. The molecular formula is C16H18N2O4. The molecule has 6 nitrogen and oxygen atoms in total. The molecule has 22 heavy (non-hydrogen) atoms. The largest absolute Gasteiger partial charge is 0.479 e. The number of aliphatic carboxylic acids is 1. The number of carboxylic acid groups (broad SMARTS) is 1. The molecule has 2 heterocycles. The first-order valence-corrected chi connectivity index (χ1v) is 7.21. The second-order valence-corrected chi connectivity index (χ2v) is 5.50. The molecule has 1 aliphatic rings. The molecule has 3 rings (SSSR count).